The van der Waals surface area contributed by atoms with Gasteiger partial charge in [-0.2, -0.15) is 0 Å². The van der Waals surface area contributed by atoms with E-state index in [1.807, 2.05) is 0 Å². The second-order valence-electron chi connectivity index (χ2n) is 6.34. The van der Waals surface area contributed by atoms with E-state index in [9.17, 15) is 22.8 Å². The molecule has 1 aliphatic heterocycles. The van der Waals surface area contributed by atoms with E-state index in [4.69, 9.17) is 17.3 Å². The van der Waals surface area contributed by atoms with Crippen molar-refractivity contribution in [1.82, 2.24) is 0 Å². The molecule has 146 valence electrons. The van der Waals surface area contributed by atoms with E-state index in [1.54, 1.807) is 0 Å². The van der Waals surface area contributed by atoms with Crippen molar-refractivity contribution in [3.8, 4) is 0 Å². The maximum absolute atomic E-state index is 12.4. The molecular weight excluding hydrogens is 406 g/mol. The SMILES string of the molecule is CC1CS(=O)(=O)N(c2ccc(C(=O)Nc3ccc(C(N)=O)cc3)c(Cl)c2)C1=O. The molecule has 8 nitrogen and oxygen atoms in total. The molecular formula is C18H16ClN3O5S. The van der Waals surface area contributed by atoms with Gasteiger partial charge in [-0.25, -0.2) is 12.7 Å². The van der Waals surface area contributed by atoms with Crippen LogP contribution in [0.25, 0.3) is 0 Å². The molecule has 2 aromatic carbocycles. The van der Waals surface area contributed by atoms with Crippen LogP contribution in [-0.2, 0) is 14.8 Å². The van der Waals surface area contributed by atoms with Crippen LogP contribution in [0.3, 0.4) is 0 Å². The van der Waals surface area contributed by atoms with Crippen molar-refractivity contribution in [2.75, 3.05) is 15.4 Å². The molecule has 3 N–H and O–H groups in total. The topological polar surface area (TPSA) is 127 Å². The second kappa shape index (κ2) is 7.25. The Bertz CT molecular complexity index is 1080. The Balaban J connectivity index is 1.83. The van der Waals surface area contributed by atoms with E-state index in [0.717, 1.165) is 0 Å². The number of nitrogens with two attached hydrogens (primary N) is 1. The van der Waals surface area contributed by atoms with Crippen LogP contribution in [0, 0.1) is 5.92 Å². The van der Waals surface area contributed by atoms with E-state index in [-0.39, 0.29) is 22.0 Å². The molecule has 0 spiro atoms. The fourth-order valence-corrected chi connectivity index (χ4v) is 4.89. The van der Waals surface area contributed by atoms with E-state index >= 15 is 0 Å². The molecule has 1 saturated heterocycles. The van der Waals surface area contributed by atoms with Crippen LogP contribution in [0.2, 0.25) is 5.02 Å². The lowest BCUT2D eigenvalue weighted by atomic mass is 10.1. The quantitative estimate of drug-likeness (QED) is 0.780. The molecule has 1 fully saturated rings. The monoisotopic (exact) mass is 421 g/mol. The van der Waals surface area contributed by atoms with Crippen molar-refractivity contribution >= 4 is 50.7 Å². The Morgan fingerprint density at radius 3 is 2.32 bits per heavy atom. The number of rotatable bonds is 4. The van der Waals surface area contributed by atoms with E-state index < -0.39 is 33.7 Å². The smallest absolute Gasteiger partial charge is 0.257 e. The highest BCUT2D eigenvalue weighted by atomic mass is 35.5. The van der Waals surface area contributed by atoms with Crippen LogP contribution in [-0.4, -0.2) is 31.9 Å². The van der Waals surface area contributed by atoms with Crippen LogP contribution < -0.4 is 15.4 Å². The summed E-state index contributed by atoms with van der Waals surface area (Å²) in [4.78, 5) is 35.7. The maximum Gasteiger partial charge on any atom is 0.257 e. The van der Waals surface area contributed by atoms with Gasteiger partial charge in [0.2, 0.25) is 21.8 Å². The van der Waals surface area contributed by atoms with Gasteiger partial charge in [-0.15, -0.1) is 0 Å². The molecule has 3 rings (SSSR count). The minimum absolute atomic E-state index is 0.00805. The summed E-state index contributed by atoms with van der Waals surface area (Å²) < 4.78 is 25.1. The third-order valence-electron chi connectivity index (χ3n) is 4.22. The molecule has 0 saturated carbocycles. The van der Waals surface area contributed by atoms with Crippen LogP contribution >= 0.6 is 11.6 Å². The van der Waals surface area contributed by atoms with Crippen molar-refractivity contribution in [3.63, 3.8) is 0 Å². The van der Waals surface area contributed by atoms with Gasteiger partial charge in [0.25, 0.3) is 5.91 Å². The zero-order chi connectivity index (χ0) is 20.6. The zero-order valence-electron chi connectivity index (χ0n) is 14.7. The fraction of sp³-hybridized carbons (Fsp3) is 0.167. The molecule has 0 aromatic heterocycles. The molecule has 1 aliphatic rings. The standard InChI is InChI=1S/C18H16ClN3O5S/c1-10-9-28(26,27)22(18(10)25)13-6-7-14(15(19)8-13)17(24)21-12-4-2-11(3-5-12)16(20)23/h2-8,10H,9H2,1H3,(H2,20,23)(H,21,24). The number of primary amides is 1. The minimum Gasteiger partial charge on any atom is -0.366 e. The Kier molecular flexibility index (Phi) is 5.14. The lowest BCUT2D eigenvalue weighted by Crippen LogP contribution is -2.30. The molecule has 3 amide bonds. The van der Waals surface area contributed by atoms with Gasteiger partial charge in [-0.1, -0.05) is 18.5 Å². The van der Waals surface area contributed by atoms with Crippen molar-refractivity contribution < 1.29 is 22.8 Å². The Morgan fingerprint density at radius 2 is 1.82 bits per heavy atom. The molecule has 0 radical (unpaired) electrons. The van der Waals surface area contributed by atoms with Crippen molar-refractivity contribution in [2.45, 2.75) is 6.92 Å². The number of carbonyl (C=O) groups excluding carboxylic acids is 3. The number of anilines is 2. The zero-order valence-corrected chi connectivity index (χ0v) is 16.3. The van der Waals surface area contributed by atoms with Crippen LogP contribution in [0.4, 0.5) is 11.4 Å². The molecule has 1 unspecified atom stereocenters. The largest absolute Gasteiger partial charge is 0.366 e. The second-order valence-corrected chi connectivity index (χ2v) is 8.61. The van der Waals surface area contributed by atoms with Crippen LogP contribution in [0.15, 0.2) is 42.5 Å². The van der Waals surface area contributed by atoms with Gasteiger partial charge in [-0.3, -0.25) is 14.4 Å². The van der Waals surface area contributed by atoms with Crippen LogP contribution in [0.5, 0.6) is 0 Å². The van der Waals surface area contributed by atoms with E-state index in [1.165, 1.54) is 49.4 Å². The van der Waals surface area contributed by atoms with E-state index in [0.29, 0.717) is 15.6 Å². The maximum atomic E-state index is 12.4. The molecule has 1 heterocycles. The average Bonchev–Trinajstić information content (AvgIpc) is 2.82. The summed E-state index contributed by atoms with van der Waals surface area (Å²) in [6, 6.07) is 9.91. The first-order valence-electron chi connectivity index (χ1n) is 8.18. The highest BCUT2D eigenvalue weighted by Gasteiger charge is 2.42. The molecule has 2 aromatic rings. The number of carbonyl (C=O) groups is 3. The molecule has 28 heavy (non-hydrogen) atoms. The van der Waals surface area contributed by atoms with Crippen LogP contribution in [0.1, 0.15) is 27.6 Å². The van der Waals surface area contributed by atoms with Gasteiger partial charge in [0.15, 0.2) is 0 Å². The molecule has 0 aliphatic carbocycles. The predicted octanol–water partition coefficient (Wildman–Crippen LogP) is 2.00. The Morgan fingerprint density at radius 1 is 1.18 bits per heavy atom. The number of hydrogen-bond donors (Lipinski definition) is 2. The summed E-state index contributed by atoms with van der Waals surface area (Å²) in [7, 11) is -3.76. The first-order chi connectivity index (χ1) is 13.1. The summed E-state index contributed by atoms with van der Waals surface area (Å²) >= 11 is 6.16. The summed E-state index contributed by atoms with van der Waals surface area (Å²) in [5.41, 5.74) is 6.06. The van der Waals surface area contributed by atoms with Gasteiger partial charge < -0.3 is 11.1 Å². The predicted molar refractivity (Wildman–Crippen MR) is 105 cm³/mol. The molecule has 10 heteroatoms. The molecule has 1 atom stereocenters. The Labute approximate surface area is 166 Å². The molecule has 0 bridgehead atoms. The number of sulfonamides is 1. The lowest BCUT2D eigenvalue weighted by molar-refractivity contribution is -0.119. The fourth-order valence-electron chi connectivity index (χ4n) is 2.82. The number of nitrogens with zero attached hydrogens (tertiary/aromatic N) is 1. The minimum atomic E-state index is -3.76. The van der Waals surface area contributed by atoms with Crippen molar-refractivity contribution in [3.05, 3.63) is 58.6 Å². The summed E-state index contributed by atoms with van der Waals surface area (Å²) in [6.45, 7) is 1.53. The highest BCUT2D eigenvalue weighted by Crippen LogP contribution is 2.31. The first kappa shape index (κ1) is 19.8. The number of amides is 3. The number of halogens is 1. The van der Waals surface area contributed by atoms with Gasteiger partial charge in [0.1, 0.15) is 0 Å². The number of benzene rings is 2. The van der Waals surface area contributed by atoms with Crippen molar-refractivity contribution in [2.24, 2.45) is 11.7 Å². The number of nitrogens with one attached hydrogen (secondary N) is 1. The summed E-state index contributed by atoms with van der Waals surface area (Å²) in [6.07, 6.45) is 0. The highest BCUT2D eigenvalue weighted by molar-refractivity contribution is 7.94. The van der Waals surface area contributed by atoms with Gasteiger partial charge in [0.05, 0.1) is 27.9 Å². The van der Waals surface area contributed by atoms with Gasteiger partial charge in [0, 0.05) is 11.3 Å². The lowest BCUT2D eigenvalue weighted by Gasteiger charge is -2.16. The Hall–Kier alpha value is -2.91. The summed E-state index contributed by atoms with van der Waals surface area (Å²) in [5, 5.41) is 2.60. The third kappa shape index (κ3) is 3.71. The van der Waals surface area contributed by atoms with Crippen molar-refractivity contribution in [1.29, 1.82) is 0 Å². The van der Waals surface area contributed by atoms with E-state index in [2.05, 4.69) is 5.32 Å². The average molecular weight is 422 g/mol. The van der Waals surface area contributed by atoms with Gasteiger partial charge >= 0.3 is 0 Å². The number of hydrogen-bond acceptors (Lipinski definition) is 5. The van der Waals surface area contributed by atoms with Gasteiger partial charge in [-0.05, 0) is 42.5 Å². The summed E-state index contributed by atoms with van der Waals surface area (Å²) in [5.74, 6) is -2.57. The normalized spacial score (nSPS) is 18.1. The first-order valence-corrected chi connectivity index (χ1v) is 10.2. The third-order valence-corrected chi connectivity index (χ3v) is 6.40.